The third kappa shape index (κ3) is 2.62. The van der Waals surface area contributed by atoms with Gasteiger partial charge < -0.3 is 10.2 Å². The summed E-state index contributed by atoms with van der Waals surface area (Å²) in [6.45, 7) is 1.44. The summed E-state index contributed by atoms with van der Waals surface area (Å²) in [7, 11) is -3.75. The maximum absolute atomic E-state index is 11.4. The molecule has 0 atom stereocenters. The van der Waals surface area contributed by atoms with Crippen LogP contribution in [0.5, 0.6) is 5.75 Å². The maximum atomic E-state index is 11.4. The van der Waals surface area contributed by atoms with Crippen LogP contribution in [0.2, 0.25) is 0 Å². The highest BCUT2D eigenvalue weighted by Gasteiger charge is 2.24. The van der Waals surface area contributed by atoms with E-state index in [9.17, 15) is 23.1 Å². The van der Waals surface area contributed by atoms with Crippen molar-refractivity contribution >= 4 is 21.6 Å². The van der Waals surface area contributed by atoms with Crippen LogP contribution in [0.4, 0.5) is 0 Å². The van der Waals surface area contributed by atoms with E-state index in [1.54, 1.807) is 0 Å². The zero-order chi connectivity index (χ0) is 13.4. The summed E-state index contributed by atoms with van der Waals surface area (Å²) in [4.78, 5) is 21.4. The van der Waals surface area contributed by atoms with Gasteiger partial charge in [-0.05, 0) is 24.6 Å². The highest BCUT2D eigenvalue weighted by atomic mass is 32.2. The van der Waals surface area contributed by atoms with Gasteiger partial charge in [0.05, 0.1) is 10.5 Å². The van der Waals surface area contributed by atoms with Crippen LogP contribution in [0.3, 0.4) is 0 Å². The van der Waals surface area contributed by atoms with Crippen LogP contribution in [0, 0.1) is 6.92 Å². The van der Waals surface area contributed by atoms with Gasteiger partial charge in [-0.3, -0.25) is 4.79 Å². The number of benzene rings is 1. The Morgan fingerprint density at radius 1 is 1.24 bits per heavy atom. The van der Waals surface area contributed by atoms with E-state index in [1.807, 2.05) is 0 Å². The van der Waals surface area contributed by atoms with Crippen LogP contribution < -0.4 is 0 Å². The van der Waals surface area contributed by atoms with Crippen molar-refractivity contribution in [3.8, 4) is 5.75 Å². The fourth-order valence-corrected chi connectivity index (χ4v) is 2.21. The van der Waals surface area contributed by atoms with Gasteiger partial charge in [0.25, 0.3) is 5.78 Å². The molecular weight excluding hydrogens is 248 g/mol. The van der Waals surface area contributed by atoms with E-state index in [-0.39, 0.29) is 11.3 Å². The Kier molecular flexibility index (Phi) is 3.23. The van der Waals surface area contributed by atoms with Gasteiger partial charge in [0.2, 0.25) is 0 Å². The van der Waals surface area contributed by atoms with Crippen molar-refractivity contribution in [3.05, 3.63) is 23.3 Å². The Morgan fingerprint density at radius 2 is 1.76 bits per heavy atom. The van der Waals surface area contributed by atoms with Crippen LogP contribution in [0.25, 0.3) is 0 Å². The predicted molar refractivity (Wildman–Crippen MR) is 57.9 cm³/mol. The summed E-state index contributed by atoms with van der Waals surface area (Å²) in [5.41, 5.74) is -0.296. The van der Waals surface area contributed by atoms with Crippen molar-refractivity contribution in [2.24, 2.45) is 0 Å². The molecule has 0 aromatic heterocycles. The molecule has 0 aliphatic rings. The number of carbonyl (C=O) groups is 2. The molecule has 0 aliphatic carbocycles. The number of aliphatic carboxylic acids is 1. The first-order chi connectivity index (χ1) is 7.64. The average Bonchev–Trinajstić information content (AvgIpc) is 2.18. The minimum absolute atomic E-state index is 0.243. The van der Waals surface area contributed by atoms with E-state index in [0.717, 1.165) is 18.4 Å². The molecule has 92 valence electrons. The van der Waals surface area contributed by atoms with Gasteiger partial charge >= 0.3 is 5.97 Å². The predicted octanol–water partition coefficient (Wildman–Crippen LogP) is 0.371. The Bertz CT molecular complexity index is 599. The highest BCUT2D eigenvalue weighted by molar-refractivity contribution is 7.90. The molecule has 0 aliphatic heterocycles. The van der Waals surface area contributed by atoms with E-state index in [0.29, 0.717) is 0 Å². The lowest BCUT2D eigenvalue weighted by molar-refractivity contribution is -0.131. The third-order valence-corrected chi connectivity index (χ3v) is 3.27. The monoisotopic (exact) mass is 258 g/mol. The normalized spacial score (nSPS) is 11.2. The summed E-state index contributed by atoms with van der Waals surface area (Å²) in [6.07, 6.45) is 0.859. The van der Waals surface area contributed by atoms with Gasteiger partial charge in [0.1, 0.15) is 5.75 Å². The molecular formula is C10H10O6S. The Hall–Kier alpha value is -1.89. The second-order valence-electron chi connectivity index (χ2n) is 3.54. The van der Waals surface area contributed by atoms with Crippen molar-refractivity contribution in [2.45, 2.75) is 11.8 Å². The Balaban J connectivity index is 3.64. The van der Waals surface area contributed by atoms with Crippen molar-refractivity contribution < 1.29 is 28.2 Å². The molecule has 6 nitrogen and oxygen atoms in total. The van der Waals surface area contributed by atoms with E-state index >= 15 is 0 Å². The molecule has 7 heteroatoms. The first-order valence-corrected chi connectivity index (χ1v) is 6.35. The van der Waals surface area contributed by atoms with Crippen molar-refractivity contribution in [3.63, 3.8) is 0 Å². The summed E-state index contributed by atoms with van der Waals surface area (Å²) in [6, 6.07) is 1.92. The SMILES string of the molecule is Cc1cc(S(C)(=O)=O)c(C(=O)C(=O)O)cc1O. The lowest BCUT2D eigenvalue weighted by Gasteiger charge is -2.08. The van der Waals surface area contributed by atoms with Gasteiger partial charge in [-0.1, -0.05) is 0 Å². The van der Waals surface area contributed by atoms with Crippen molar-refractivity contribution in [1.82, 2.24) is 0 Å². The molecule has 0 saturated carbocycles. The quantitative estimate of drug-likeness (QED) is 0.599. The number of Topliss-reactive ketones (excluding diaryl/α,β-unsaturated/α-hetero) is 1. The number of carboxylic acids is 1. The lowest BCUT2D eigenvalue weighted by Crippen LogP contribution is -2.16. The Morgan fingerprint density at radius 3 is 2.18 bits per heavy atom. The van der Waals surface area contributed by atoms with Crippen LogP contribution in [-0.4, -0.2) is 36.6 Å². The fourth-order valence-electron chi connectivity index (χ4n) is 1.27. The molecule has 0 bridgehead atoms. The second kappa shape index (κ2) is 4.17. The highest BCUT2D eigenvalue weighted by Crippen LogP contribution is 2.25. The van der Waals surface area contributed by atoms with Gasteiger partial charge in [-0.2, -0.15) is 0 Å². The zero-order valence-corrected chi connectivity index (χ0v) is 9.91. The standard InChI is InChI=1S/C10H10O6S/c1-5-3-8(17(2,15)16)6(4-7(5)11)9(12)10(13)14/h3-4,11H,1-2H3,(H,13,14). The molecule has 0 amide bonds. The van der Waals surface area contributed by atoms with E-state index < -0.39 is 32.0 Å². The number of ketones is 1. The van der Waals surface area contributed by atoms with Gasteiger partial charge in [-0.25, -0.2) is 13.2 Å². The first-order valence-electron chi connectivity index (χ1n) is 4.46. The number of phenolic OH excluding ortho intramolecular Hbond substituents is 1. The Labute approximate surface area is 97.4 Å². The molecule has 0 radical (unpaired) electrons. The van der Waals surface area contributed by atoms with E-state index in [1.165, 1.54) is 6.92 Å². The molecule has 0 spiro atoms. The van der Waals surface area contributed by atoms with Crippen molar-refractivity contribution in [1.29, 1.82) is 0 Å². The van der Waals surface area contributed by atoms with Gasteiger partial charge in [0, 0.05) is 6.26 Å². The molecule has 0 fully saturated rings. The molecule has 1 rings (SSSR count). The van der Waals surface area contributed by atoms with E-state index in [4.69, 9.17) is 5.11 Å². The number of hydrogen-bond acceptors (Lipinski definition) is 5. The summed E-state index contributed by atoms with van der Waals surface area (Å²) in [5.74, 6) is -3.49. The van der Waals surface area contributed by atoms with Crippen LogP contribution >= 0.6 is 0 Å². The zero-order valence-electron chi connectivity index (χ0n) is 9.09. The minimum atomic E-state index is -3.75. The average molecular weight is 258 g/mol. The largest absolute Gasteiger partial charge is 0.508 e. The van der Waals surface area contributed by atoms with E-state index in [2.05, 4.69) is 0 Å². The minimum Gasteiger partial charge on any atom is -0.508 e. The molecule has 17 heavy (non-hydrogen) atoms. The van der Waals surface area contributed by atoms with Gasteiger partial charge in [-0.15, -0.1) is 0 Å². The number of rotatable bonds is 3. The van der Waals surface area contributed by atoms with Gasteiger partial charge in [0.15, 0.2) is 9.84 Å². The summed E-state index contributed by atoms with van der Waals surface area (Å²) < 4.78 is 22.8. The third-order valence-electron chi connectivity index (χ3n) is 2.14. The maximum Gasteiger partial charge on any atom is 0.377 e. The smallest absolute Gasteiger partial charge is 0.377 e. The number of phenols is 1. The molecule has 2 N–H and O–H groups in total. The number of aryl methyl sites for hydroxylation is 1. The van der Waals surface area contributed by atoms with Crippen LogP contribution in [-0.2, 0) is 14.6 Å². The molecule has 0 unspecified atom stereocenters. The molecule has 1 aromatic carbocycles. The summed E-state index contributed by atoms with van der Waals surface area (Å²) >= 11 is 0. The number of carbonyl (C=O) groups excluding carboxylic acids is 1. The molecule has 0 heterocycles. The topological polar surface area (TPSA) is 109 Å². The first kappa shape index (κ1) is 13.2. The molecule has 1 aromatic rings. The number of aromatic hydroxyl groups is 1. The number of hydrogen-bond donors (Lipinski definition) is 2. The van der Waals surface area contributed by atoms with Crippen LogP contribution in [0.15, 0.2) is 17.0 Å². The fraction of sp³-hybridized carbons (Fsp3) is 0.200. The van der Waals surface area contributed by atoms with Crippen molar-refractivity contribution in [2.75, 3.05) is 6.26 Å². The lowest BCUT2D eigenvalue weighted by atomic mass is 10.1. The summed E-state index contributed by atoms with van der Waals surface area (Å²) in [5, 5.41) is 17.9. The second-order valence-corrected chi connectivity index (χ2v) is 5.53. The number of sulfone groups is 1. The van der Waals surface area contributed by atoms with Crippen LogP contribution in [0.1, 0.15) is 15.9 Å². The molecule has 0 saturated heterocycles. The number of carboxylic acid groups (broad SMARTS) is 1.